The molecule has 2 aromatic rings. The number of carboxylic acids is 2. The third-order valence-electron chi connectivity index (χ3n) is 6.57. The van der Waals surface area contributed by atoms with Crippen LogP contribution in [0.3, 0.4) is 0 Å². The minimum absolute atomic E-state index is 0.166. The van der Waals surface area contributed by atoms with Crippen LogP contribution in [0.25, 0.3) is 0 Å². The number of nitrogens with zero attached hydrogens (tertiary/aromatic N) is 1. The Morgan fingerprint density at radius 2 is 1.74 bits per heavy atom. The van der Waals surface area contributed by atoms with Crippen molar-refractivity contribution in [3.8, 4) is 0 Å². The molecule has 2 aliphatic heterocycles. The van der Waals surface area contributed by atoms with Crippen molar-refractivity contribution in [2.24, 2.45) is 11.8 Å². The van der Waals surface area contributed by atoms with Crippen LogP contribution in [-0.2, 0) is 23.9 Å². The van der Waals surface area contributed by atoms with E-state index in [1.165, 1.54) is 43.5 Å². The van der Waals surface area contributed by atoms with Crippen LogP contribution < -0.4 is 10.2 Å². The number of aryl methyl sites for hydroxylation is 1. The van der Waals surface area contributed by atoms with Crippen LogP contribution in [0.2, 0.25) is 5.02 Å². The molecule has 0 radical (unpaired) electrons. The summed E-state index contributed by atoms with van der Waals surface area (Å²) in [6.07, 6.45) is -0.929. The molecule has 0 bridgehead atoms. The SMILES string of the molecule is COC(=O)c1ccc(C2NC(CC(=O)O)(C(=O)O)C3C(=O)N(c4ccc(C)c(Cl)c4)C(=O)C23)cc1. The number of hydrogen-bond acceptors (Lipinski definition) is 7. The molecule has 2 fully saturated rings. The number of benzene rings is 2. The van der Waals surface area contributed by atoms with Gasteiger partial charge in [-0.05, 0) is 42.3 Å². The van der Waals surface area contributed by atoms with Crippen molar-refractivity contribution in [1.29, 1.82) is 0 Å². The Hall–Kier alpha value is -3.76. The van der Waals surface area contributed by atoms with Gasteiger partial charge in [-0.25, -0.2) is 9.69 Å². The molecule has 0 spiro atoms. The molecule has 182 valence electrons. The summed E-state index contributed by atoms with van der Waals surface area (Å²) in [5, 5.41) is 22.7. The van der Waals surface area contributed by atoms with E-state index in [9.17, 15) is 34.2 Å². The molecular weight excluding hydrogens is 480 g/mol. The quantitative estimate of drug-likeness (QED) is 0.400. The van der Waals surface area contributed by atoms with Crippen molar-refractivity contribution in [3.63, 3.8) is 0 Å². The van der Waals surface area contributed by atoms with E-state index in [4.69, 9.17) is 11.6 Å². The lowest BCUT2D eigenvalue weighted by Crippen LogP contribution is -2.57. The Labute approximate surface area is 204 Å². The minimum Gasteiger partial charge on any atom is -0.481 e. The van der Waals surface area contributed by atoms with E-state index in [0.717, 1.165) is 4.90 Å². The molecule has 2 amide bonds. The largest absolute Gasteiger partial charge is 0.481 e. The molecule has 2 aliphatic rings. The second-order valence-electron chi connectivity index (χ2n) is 8.53. The molecule has 2 saturated heterocycles. The van der Waals surface area contributed by atoms with Gasteiger partial charge in [-0.2, -0.15) is 0 Å². The van der Waals surface area contributed by atoms with Crippen LogP contribution >= 0.6 is 11.6 Å². The summed E-state index contributed by atoms with van der Waals surface area (Å²) >= 11 is 6.19. The number of fused-ring (bicyclic) bond motifs is 1. The van der Waals surface area contributed by atoms with Gasteiger partial charge in [0.05, 0.1) is 36.6 Å². The number of esters is 1. The Balaban J connectivity index is 1.84. The van der Waals surface area contributed by atoms with Gasteiger partial charge in [0.15, 0.2) is 0 Å². The molecule has 10 nitrogen and oxygen atoms in total. The second kappa shape index (κ2) is 8.79. The molecule has 4 atom stereocenters. The summed E-state index contributed by atoms with van der Waals surface area (Å²) in [7, 11) is 1.22. The fraction of sp³-hybridized carbons (Fsp3) is 0.292. The van der Waals surface area contributed by atoms with E-state index < -0.39 is 59.6 Å². The van der Waals surface area contributed by atoms with E-state index in [0.29, 0.717) is 16.1 Å². The molecule has 0 aromatic heterocycles. The lowest BCUT2D eigenvalue weighted by atomic mass is 9.77. The van der Waals surface area contributed by atoms with Crippen LogP contribution in [-0.4, -0.2) is 52.6 Å². The van der Waals surface area contributed by atoms with Gasteiger partial charge in [0, 0.05) is 11.1 Å². The van der Waals surface area contributed by atoms with E-state index in [-0.39, 0.29) is 11.3 Å². The van der Waals surface area contributed by atoms with Crippen LogP contribution in [0.5, 0.6) is 0 Å². The van der Waals surface area contributed by atoms with Crippen LogP contribution in [0.15, 0.2) is 42.5 Å². The maximum atomic E-state index is 13.6. The average molecular weight is 501 g/mol. The first-order valence-electron chi connectivity index (χ1n) is 10.6. The first-order valence-corrected chi connectivity index (χ1v) is 10.9. The third kappa shape index (κ3) is 3.84. The first-order chi connectivity index (χ1) is 16.5. The number of aliphatic carboxylic acids is 2. The van der Waals surface area contributed by atoms with E-state index in [1.807, 2.05) is 0 Å². The molecule has 4 unspecified atom stereocenters. The maximum Gasteiger partial charge on any atom is 0.337 e. The lowest BCUT2D eigenvalue weighted by Gasteiger charge is -2.29. The van der Waals surface area contributed by atoms with Crippen LogP contribution in [0.4, 0.5) is 5.69 Å². The minimum atomic E-state index is -2.24. The molecule has 11 heteroatoms. The Morgan fingerprint density at radius 3 is 2.29 bits per heavy atom. The predicted molar refractivity (Wildman–Crippen MR) is 122 cm³/mol. The standard InChI is InChI=1S/C24H21ClN2O8/c1-11-3-8-14(9-15(11)25)27-20(30)17-18(21(27)31)24(23(33)34,10-16(28)29)26-19(17)12-4-6-13(7-5-12)22(32)35-2/h3-9,17-19,26H,10H2,1-2H3,(H,28,29)(H,33,34). The zero-order chi connectivity index (χ0) is 25.7. The highest BCUT2D eigenvalue weighted by atomic mass is 35.5. The Kier molecular flexibility index (Phi) is 6.12. The number of amides is 2. The number of ether oxygens (including phenoxy) is 1. The van der Waals surface area contributed by atoms with Crippen molar-refractivity contribution >= 4 is 47.0 Å². The monoisotopic (exact) mass is 500 g/mol. The molecule has 4 rings (SSSR count). The van der Waals surface area contributed by atoms with Gasteiger partial charge in [-0.3, -0.25) is 24.5 Å². The molecule has 2 heterocycles. The zero-order valence-corrected chi connectivity index (χ0v) is 19.4. The average Bonchev–Trinajstić information content (AvgIpc) is 3.29. The van der Waals surface area contributed by atoms with Crippen molar-refractivity contribution in [1.82, 2.24) is 5.32 Å². The highest BCUT2D eigenvalue weighted by Gasteiger charge is 2.69. The van der Waals surface area contributed by atoms with Gasteiger partial charge in [0.2, 0.25) is 11.8 Å². The van der Waals surface area contributed by atoms with E-state index in [2.05, 4.69) is 10.1 Å². The number of nitrogens with one attached hydrogen (secondary N) is 1. The van der Waals surface area contributed by atoms with Crippen molar-refractivity contribution < 1.29 is 38.9 Å². The molecule has 0 saturated carbocycles. The predicted octanol–water partition coefficient (Wildman–Crippen LogP) is 2.18. The lowest BCUT2D eigenvalue weighted by molar-refractivity contribution is -0.154. The fourth-order valence-corrected chi connectivity index (χ4v) is 5.06. The van der Waals surface area contributed by atoms with Crippen LogP contribution in [0.1, 0.15) is 33.9 Å². The number of carbonyl (C=O) groups excluding carboxylic acids is 3. The van der Waals surface area contributed by atoms with E-state index in [1.54, 1.807) is 13.0 Å². The number of anilines is 1. The molecule has 3 N–H and O–H groups in total. The summed E-state index contributed by atoms with van der Waals surface area (Å²) in [5.41, 5.74) is -0.722. The molecule has 35 heavy (non-hydrogen) atoms. The fourth-order valence-electron chi connectivity index (χ4n) is 4.88. The topological polar surface area (TPSA) is 150 Å². The first kappa shape index (κ1) is 24.4. The van der Waals surface area contributed by atoms with Crippen molar-refractivity contribution in [2.45, 2.75) is 24.9 Å². The zero-order valence-electron chi connectivity index (χ0n) is 18.6. The smallest absolute Gasteiger partial charge is 0.337 e. The Bertz CT molecular complexity index is 1260. The summed E-state index contributed by atoms with van der Waals surface area (Å²) in [6, 6.07) is 9.45. The van der Waals surface area contributed by atoms with Gasteiger partial charge in [0.25, 0.3) is 0 Å². The van der Waals surface area contributed by atoms with E-state index >= 15 is 0 Å². The number of rotatable bonds is 6. The third-order valence-corrected chi connectivity index (χ3v) is 6.98. The van der Waals surface area contributed by atoms with Gasteiger partial charge in [-0.15, -0.1) is 0 Å². The summed E-state index contributed by atoms with van der Waals surface area (Å²) in [6.45, 7) is 1.74. The van der Waals surface area contributed by atoms with Crippen LogP contribution in [0, 0.1) is 18.8 Å². The highest BCUT2D eigenvalue weighted by molar-refractivity contribution is 6.32. The maximum absolute atomic E-state index is 13.6. The van der Waals surface area contributed by atoms with Gasteiger partial charge in [-0.1, -0.05) is 29.8 Å². The normalized spacial score (nSPS) is 25.5. The number of carbonyl (C=O) groups is 5. The summed E-state index contributed by atoms with van der Waals surface area (Å²) in [4.78, 5) is 64.0. The van der Waals surface area contributed by atoms with Gasteiger partial charge in [0.1, 0.15) is 5.54 Å². The van der Waals surface area contributed by atoms with Gasteiger partial charge >= 0.3 is 17.9 Å². The number of imide groups is 1. The molecule has 2 aromatic carbocycles. The number of methoxy groups -OCH3 is 1. The summed E-state index contributed by atoms with van der Waals surface area (Å²) < 4.78 is 4.68. The number of carboxylic acid groups (broad SMARTS) is 2. The van der Waals surface area contributed by atoms with Crippen molar-refractivity contribution in [2.75, 3.05) is 12.0 Å². The number of halogens is 1. The highest BCUT2D eigenvalue weighted by Crippen LogP contribution is 2.51. The molecule has 0 aliphatic carbocycles. The van der Waals surface area contributed by atoms with Gasteiger partial charge < -0.3 is 14.9 Å². The number of hydrogen-bond donors (Lipinski definition) is 3. The second-order valence-corrected chi connectivity index (χ2v) is 8.94. The van der Waals surface area contributed by atoms with Crippen molar-refractivity contribution in [3.05, 3.63) is 64.2 Å². The molecular formula is C24H21ClN2O8. The summed E-state index contributed by atoms with van der Waals surface area (Å²) in [5.74, 6) is -7.80. The Morgan fingerprint density at radius 1 is 1.09 bits per heavy atom.